The molecule has 0 bridgehead atoms. The number of aromatic nitrogens is 1. The van der Waals surface area contributed by atoms with Gasteiger partial charge in [-0.3, -0.25) is 9.89 Å². The van der Waals surface area contributed by atoms with Gasteiger partial charge < -0.3 is 20.3 Å². The van der Waals surface area contributed by atoms with Crippen LogP contribution in [0, 0.1) is 0 Å². The number of pyridine rings is 1. The van der Waals surface area contributed by atoms with Gasteiger partial charge in [-0.25, -0.2) is 4.98 Å². The van der Waals surface area contributed by atoms with Gasteiger partial charge in [-0.1, -0.05) is 36.4 Å². The van der Waals surface area contributed by atoms with Crippen molar-refractivity contribution in [2.75, 3.05) is 44.8 Å². The van der Waals surface area contributed by atoms with E-state index in [1.807, 2.05) is 19.3 Å². The highest BCUT2D eigenvalue weighted by atomic mass is 16.5. The number of likely N-dealkylation sites (tertiary alicyclic amines) is 1. The molecule has 2 saturated heterocycles. The molecule has 2 N–H and O–H groups in total. The number of guanidine groups is 1. The van der Waals surface area contributed by atoms with E-state index in [9.17, 15) is 0 Å². The minimum Gasteiger partial charge on any atom is -0.378 e. The quantitative estimate of drug-likeness (QED) is 0.550. The van der Waals surface area contributed by atoms with Crippen molar-refractivity contribution in [3.63, 3.8) is 0 Å². The maximum Gasteiger partial charge on any atom is 0.191 e. The fourth-order valence-electron chi connectivity index (χ4n) is 4.44. The second-order valence-corrected chi connectivity index (χ2v) is 8.35. The first kappa shape index (κ1) is 21.6. The lowest BCUT2D eigenvalue weighted by atomic mass is 10.2. The Bertz CT molecular complexity index is 852. The monoisotopic (exact) mass is 422 g/mol. The third-order valence-electron chi connectivity index (χ3n) is 6.12. The molecule has 0 radical (unpaired) electrons. The third-order valence-corrected chi connectivity index (χ3v) is 6.12. The van der Waals surface area contributed by atoms with E-state index in [-0.39, 0.29) is 0 Å². The molecule has 2 unspecified atom stereocenters. The van der Waals surface area contributed by atoms with E-state index in [1.54, 1.807) is 0 Å². The van der Waals surface area contributed by atoms with Crippen LogP contribution >= 0.6 is 0 Å². The van der Waals surface area contributed by atoms with Crippen molar-refractivity contribution in [1.82, 2.24) is 20.5 Å². The van der Waals surface area contributed by atoms with Crippen LogP contribution in [0.3, 0.4) is 0 Å². The number of nitrogens with one attached hydrogen (secondary N) is 2. The smallest absolute Gasteiger partial charge is 0.191 e. The van der Waals surface area contributed by atoms with Gasteiger partial charge in [-0.15, -0.1) is 0 Å². The Labute approximate surface area is 185 Å². The SMILES string of the molecule is CN=C(NCc1cccnc1N1CCOCC1)NC1CC(C)N(Cc2ccccc2)C1. The molecule has 2 aliphatic heterocycles. The molecular formula is C24H34N6O. The van der Waals surface area contributed by atoms with Crippen LogP contribution in [0.15, 0.2) is 53.7 Å². The van der Waals surface area contributed by atoms with Crippen molar-refractivity contribution in [2.24, 2.45) is 4.99 Å². The van der Waals surface area contributed by atoms with E-state index < -0.39 is 0 Å². The summed E-state index contributed by atoms with van der Waals surface area (Å²) >= 11 is 0. The van der Waals surface area contributed by atoms with Gasteiger partial charge in [-0.2, -0.15) is 0 Å². The van der Waals surface area contributed by atoms with Crippen molar-refractivity contribution in [3.8, 4) is 0 Å². The van der Waals surface area contributed by atoms with E-state index in [4.69, 9.17) is 4.74 Å². The zero-order chi connectivity index (χ0) is 21.5. The van der Waals surface area contributed by atoms with Crippen molar-refractivity contribution < 1.29 is 4.74 Å². The second-order valence-electron chi connectivity index (χ2n) is 8.35. The van der Waals surface area contributed by atoms with Gasteiger partial charge in [0, 0.05) is 63.6 Å². The standard InChI is InChI=1S/C24H34N6O/c1-19-15-22(18-30(19)17-20-7-4-3-5-8-20)28-24(25-2)27-16-21-9-6-10-26-23(21)29-11-13-31-14-12-29/h3-10,19,22H,11-18H2,1-2H3,(H2,25,27,28). The van der Waals surface area contributed by atoms with Crippen LogP contribution in [0.5, 0.6) is 0 Å². The van der Waals surface area contributed by atoms with Gasteiger partial charge in [0.2, 0.25) is 0 Å². The van der Waals surface area contributed by atoms with Gasteiger partial charge in [-0.05, 0) is 25.0 Å². The van der Waals surface area contributed by atoms with Crippen LogP contribution in [-0.2, 0) is 17.8 Å². The topological polar surface area (TPSA) is 65.0 Å². The second kappa shape index (κ2) is 10.6. The number of benzene rings is 1. The first-order valence-corrected chi connectivity index (χ1v) is 11.2. The summed E-state index contributed by atoms with van der Waals surface area (Å²) in [6.45, 7) is 8.29. The third kappa shape index (κ3) is 5.74. The first-order chi connectivity index (χ1) is 15.2. The lowest BCUT2D eigenvalue weighted by Gasteiger charge is -2.29. The van der Waals surface area contributed by atoms with Crippen molar-refractivity contribution >= 4 is 11.8 Å². The van der Waals surface area contributed by atoms with Gasteiger partial charge >= 0.3 is 0 Å². The molecule has 0 saturated carbocycles. The zero-order valence-corrected chi connectivity index (χ0v) is 18.6. The van der Waals surface area contributed by atoms with Gasteiger partial charge in [0.1, 0.15) is 5.82 Å². The summed E-state index contributed by atoms with van der Waals surface area (Å²) in [6.07, 6.45) is 2.97. The summed E-state index contributed by atoms with van der Waals surface area (Å²) in [5.74, 6) is 1.88. The molecule has 0 spiro atoms. The van der Waals surface area contributed by atoms with E-state index in [1.165, 1.54) is 11.1 Å². The Morgan fingerprint density at radius 3 is 2.74 bits per heavy atom. The summed E-state index contributed by atoms with van der Waals surface area (Å²) < 4.78 is 5.49. The molecular weight excluding hydrogens is 388 g/mol. The summed E-state index contributed by atoms with van der Waals surface area (Å²) in [4.78, 5) is 13.9. The molecule has 2 atom stereocenters. The Morgan fingerprint density at radius 1 is 1.16 bits per heavy atom. The number of rotatable bonds is 6. The van der Waals surface area contributed by atoms with Crippen molar-refractivity contribution in [3.05, 3.63) is 59.8 Å². The zero-order valence-electron chi connectivity index (χ0n) is 18.6. The largest absolute Gasteiger partial charge is 0.378 e. The van der Waals surface area contributed by atoms with E-state index >= 15 is 0 Å². The fourth-order valence-corrected chi connectivity index (χ4v) is 4.44. The lowest BCUT2D eigenvalue weighted by molar-refractivity contribution is 0.122. The van der Waals surface area contributed by atoms with Crippen LogP contribution in [0.4, 0.5) is 5.82 Å². The molecule has 0 aliphatic carbocycles. The molecule has 166 valence electrons. The highest BCUT2D eigenvalue weighted by Crippen LogP contribution is 2.21. The Kier molecular flexibility index (Phi) is 7.38. The minimum atomic E-state index is 0.387. The molecule has 7 nitrogen and oxygen atoms in total. The number of morpholine rings is 1. The van der Waals surface area contributed by atoms with E-state index in [0.29, 0.717) is 18.6 Å². The maximum absolute atomic E-state index is 5.49. The average molecular weight is 423 g/mol. The molecule has 31 heavy (non-hydrogen) atoms. The van der Waals surface area contributed by atoms with Crippen LogP contribution in [0.1, 0.15) is 24.5 Å². The predicted octanol–water partition coefficient (Wildman–Crippen LogP) is 2.25. The molecule has 4 rings (SSSR count). The number of hydrogen-bond donors (Lipinski definition) is 2. The normalized spacial score (nSPS) is 22.5. The number of aliphatic imine (C=N–C) groups is 1. The van der Waals surface area contributed by atoms with Crippen molar-refractivity contribution in [2.45, 2.75) is 38.5 Å². The summed E-state index contributed by atoms with van der Waals surface area (Å²) in [5, 5.41) is 7.12. The molecule has 0 amide bonds. The van der Waals surface area contributed by atoms with Gasteiger partial charge in [0.05, 0.1) is 13.2 Å². The molecule has 7 heteroatoms. The van der Waals surface area contributed by atoms with Gasteiger partial charge in [0.25, 0.3) is 0 Å². The van der Waals surface area contributed by atoms with Crippen LogP contribution < -0.4 is 15.5 Å². The number of anilines is 1. The maximum atomic E-state index is 5.49. The summed E-state index contributed by atoms with van der Waals surface area (Å²) in [5.41, 5.74) is 2.54. The molecule has 2 fully saturated rings. The van der Waals surface area contributed by atoms with E-state index in [2.05, 4.69) is 73.7 Å². The number of hydrogen-bond acceptors (Lipinski definition) is 5. The van der Waals surface area contributed by atoms with Crippen LogP contribution in [-0.4, -0.2) is 67.8 Å². The first-order valence-electron chi connectivity index (χ1n) is 11.2. The average Bonchev–Trinajstić information content (AvgIpc) is 3.16. The van der Waals surface area contributed by atoms with E-state index in [0.717, 1.165) is 57.6 Å². The highest BCUT2D eigenvalue weighted by Gasteiger charge is 2.29. The summed E-state index contributed by atoms with van der Waals surface area (Å²) in [7, 11) is 1.83. The Balaban J connectivity index is 1.31. The molecule has 2 aromatic rings. The fraction of sp³-hybridized carbons (Fsp3) is 0.500. The van der Waals surface area contributed by atoms with Crippen molar-refractivity contribution in [1.29, 1.82) is 0 Å². The Hall–Kier alpha value is -2.64. The van der Waals surface area contributed by atoms with Crippen LogP contribution in [0.25, 0.3) is 0 Å². The molecule has 1 aromatic carbocycles. The molecule has 3 heterocycles. The number of ether oxygens (including phenoxy) is 1. The van der Waals surface area contributed by atoms with Gasteiger partial charge in [0.15, 0.2) is 5.96 Å². The minimum absolute atomic E-state index is 0.387. The summed E-state index contributed by atoms with van der Waals surface area (Å²) in [6, 6.07) is 15.8. The highest BCUT2D eigenvalue weighted by molar-refractivity contribution is 5.80. The predicted molar refractivity (Wildman–Crippen MR) is 125 cm³/mol. The lowest BCUT2D eigenvalue weighted by Crippen LogP contribution is -2.44. The number of nitrogens with zero attached hydrogens (tertiary/aromatic N) is 4. The Morgan fingerprint density at radius 2 is 1.97 bits per heavy atom. The molecule has 2 aliphatic rings. The van der Waals surface area contributed by atoms with Crippen LogP contribution in [0.2, 0.25) is 0 Å². The molecule has 1 aromatic heterocycles.